The molecular weight excluding hydrogens is 186 g/mol. The molecule has 3 heteroatoms. The molecule has 1 aliphatic carbocycles. The van der Waals surface area contributed by atoms with E-state index in [-0.39, 0.29) is 0 Å². The quantitative estimate of drug-likeness (QED) is 0.808. The number of hydrogen-bond donors (Lipinski definition) is 1. The lowest BCUT2D eigenvalue weighted by molar-refractivity contribution is 0.281. The minimum absolute atomic E-state index is 0.632. The summed E-state index contributed by atoms with van der Waals surface area (Å²) in [4.78, 5) is 0. The van der Waals surface area contributed by atoms with Gasteiger partial charge in [-0.05, 0) is 31.1 Å². The van der Waals surface area contributed by atoms with Crippen molar-refractivity contribution in [3.8, 4) is 0 Å². The number of aryl methyl sites for hydroxylation is 1. The summed E-state index contributed by atoms with van der Waals surface area (Å²) in [6.07, 6.45) is 7.91. The van der Waals surface area contributed by atoms with E-state index in [2.05, 4.69) is 24.3 Å². The Balaban J connectivity index is 1.94. The second-order valence-corrected chi connectivity index (χ2v) is 5.16. The Morgan fingerprint density at radius 3 is 2.47 bits per heavy atom. The maximum Gasteiger partial charge on any atom is 0.0728 e. The summed E-state index contributed by atoms with van der Waals surface area (Å²) in [5.41, 5.74) is 1.16. The van der Waals surface area contributed by atoms with Gasteiger partial charge in [0.25, 0.3) is 0 Å². The van der Waals surface area contributed by atoms with Gasteiger partial charge in [0.05, 0.1) is 11.9 Å². The molecule has 1 aliphatic rings. The van der Waals surface area contributed by atoms with Crippen LogP contribution in [0.1, 0.15) is 33.1 Å². The van der Waals surface area contributed by atoms with Crippen LogP contribution in [0.5, 0.6) is 0 Å². The van der Waals surface area contributed by atoms with Crippen LogP contribution >= 0.6 is 0 Å². The normalized spacial score (nSPS) is 31.5. The molecule has 3 nitrogen and oxygen atoms in total. The van der Waals surface area contributed by atoms with Crippen molar-refractivity contribution in [1.82, 2.24) is 9.78 Å². The van der Waals surface area contributed by atoms with Crippen molar-refractivity contribution in [3.05, 3.63) is 12.4 Å². The molecule has 0 bridgehead atoms. The van der Waals surface area contributed by atoms with Gasteiger partial charge in [0.15, 0.2) is 0 Å². The van der Waals surface area contributed by atoms with Gasteiger partial charge in [-0.3, -0.25) is 4.68 Å². The lowest BCUT2D eigenvalue weighted by Crippen LogP contribution is -2.30. The van der Waals surface area contributed by atoms with Crippen molar-refractivity contribution in [3.63, 3.8) is 0 Å². The molecule has 0 amide bonds. The fourth-order valence-corrected chi connectivity index (χ4v) is 2.80. The van der Waals surface area contributed by atoms with Gasteiger partial charge in [0.1, 0.15) is 0 Å². The third-order valence-corrected chi connectivity index (χ3v) is 3.25. The Hall–Kier alpha value is -0.990. The summed E-state index contributed by atoms with van der Waals surface area (Å²) in [5.74, 6) is 1.70. The van der Waals surface area contributed by atoms with Crippen molar-refractivity contribution < 1.29 is 0 Å². The van der Waals surface area contributed by atoms with Gasteiger partial charge in [-0.1, -0.05) is 13.8 Å². The first-order valence-electron chi connectivity index (χ1n) is 5.88. The van der Waals surface area contributed by atoms with Crippen molar-refractivity contribution in [2.75, 3.05) is 5.32 Å². The van der Waals surface area contributed by atoms with Crippen LogP contribution in [0.15, 0.2) is 12.4 Å². The molecule has 1 heterocycles. The predicted molar refractivity (Wildman–Crippen MR) is 62.8 cm³/mol. The molecule has 2 rings (SSSR count). The average Bonchev–Trinajstić information content (AvgIpc) is 2.49. The Morgan fingerprint density at radius 1 is 1.27 bits per heavy atom. The van der Waals surface area contributed by atoms with Crippen molar-refractivity contribution in [1.29, 1.82) is 0 Å². The van der Waals surface area contributed by atoms with Gasteiger partial charge in [-0.25, -0.2) is 0 Å². The summed E-state index contributed by atoms with van der Waals surface area (Å²) in [6, 6.07) is 0.632. The van der Waals surface area contributed by atoms with Crippen LogP contribution in [0.2, 0.25) is 0 Å². The van der Waals surface area contributed by atoms with Gasteiger partial charge < -0.3 is 5.32 Å². The largest absolute Gasteiger partial charge is 0.380 e. The van der Waals surface area contributed by atoms with Gasteiger partial charge in [0, 0.05) is 19.3 Å². The summed E-state index contributed by atoms with van der Waals surface area (Å²) in [7, 11) is 1.96. The van der Waals surface area contributed by atoms with Crippen molar-refractivity contribution >= 4 is 5.69 Å². The average molecular weight is 207 g/mol. The Labute approximate surface area is 91.9 Å². The van der Waals surface area contributed by atoms with Gasteiger partial charge in [0.2, 0.25) is 0 Å². The lowest BCUT2D eigenvalue weighted by atomic mass is 9.80. The minimum atomic E-state index is 0.632. The van der Waals surface area contributed by atoms with Crippen molar-refractivity contribution in [2.24, 2.45) is 18.9 Å². The molecule has 1 fully saturated rings. The monoisotopic (exact) mass is 207 g/mol. The smallest absolute Gasteiger partial charge is 0.0728 e. The molecule has 2 atom stereocenters. The highest BCUT2D eigenvalue weighted by molar-refractivity contribution is 5.39. The zero-order valence-electron chi connectivity index (χ0n) is 9.90. The fraction of sp³-hybridized carbons (Fsp3) is 0.750. The van der Waals surface area contributed by atoms with Gasteiger partial charge in [-0.2, -0.15) is 5.10 Å². The second kappa shape index (κ2) is 4.25. The number of aromatic nitrogens is 2. The SMILES string of the molecule is C[C@@H]1CC(Nc2cnn(C)c2)C[C@@H](C)C1. The lowest BCUT2D eigenvalue weighted by Gasteiger charge is -2.32. The van der Waals surface area contributed by atoms with E-state index in [4.69, 9.17) is 0 Å². The van der Waals surface area contributed by atoms with Crippen LogP contribution in [0.4, 0.5) is 5.69 Å². The van der Waals surface area contributed by atoms with Crippen LogP contribution in [0.3, 0.4) is 0 Å². The van der Waals surface area contributed by atoms with Crippen LogP contribution in [-0.2, 0) is 7.05 Å². The minimum Gasteiger partial charge on any atom is -0.380 e. The van der Waals surface area contributed by atoms with E-state index in [0.717, 1.165) is 17.5 Å². The third-order valence-electron chi connectivity index (χ3n) is 3.25. The number of anilines is 1. The van der Waals surface area contributed by atoms with E-state index >= 15 is 0 Å². The summed E-state index contributed by atoms with van der Waals surface area (Å²) < 4.78 is 1.85. The summed E-state index contributed by atoms with van der Waals surface area (Å²) >= 11 is 0. The molecule has 0 radical (unpaired) electrons. The maximum atomic E-state index is 4.17. The molecule has 0 unspecified atom stereocenters. The molecule has 0 aromatic carbocycles. The molecule has 0 saturated heterocycles. The van der Waals surface area contributed by atoms with E-state index in [1.807, 2.05) is 24.1 Å². The fourth-order valence-electron chi connectivity index (χ4n) is 2.80. The van der Waals surface area contributed by atoms with Crippen LogP contribution in [0.25, 0.3) is 0 Å². The second-order valence-electron chi connectivity index (χ2n) is 5.16. The molecule has 1 aromatic heterocycles. The Kier molecular flexibility index (Phi) is 2.98. The molecule has 1 saturated carbocycles. The first-order valence-corrected chi connectivity index (χ1v) is 5.88. The van der Waals surface area contributed by atoms with Gasteiger partial charge in [-0.15, -0.1) is 0 Å². The van der Waals surface area contributed by atoms with Crippen molar-refractivity contribution in [2.45, 2.75) is 39.2 Å². The third kappa shape index (κ3) is 2.74. The highest BCUT2D eigenvalue weighted by atomic mass is 15.3. The molecule has 0 aliphatic heterocycles. The molecule has 15 heavy (non-hydrogen) atoms. The molecular formula is C12H21N3. The highest BCUT2D eigenvalue weighted by Gasteiger charge is 2.23. The van der Waals surface area contributed by atoms with E-state index in [9.17, 15) is 0 Å². The number of nitrogens with zero attached hydrogens (tertiary/aromatic N) is 2. The first kappa shape index (κ1) is 10.5. The Bertz CT molecular complexity index is 308. The summed E-state index contributed by atoms with van der Waals surface area (Å²) in [6.45, 7) is 4.71. The topological polar surface area (TPSA) is 29.9 Å². The van der Waals surface area contributed by atoms with E-state index < -0.39 is 0 Å². The standard InChI is InChI=1S/C12H21N3/c1-9-4-10(2)6-11(5-9)14-12-7-13-15(3)8-12/h7-11,14H,4-6H2,1-3H3/t9-,10-/m0/s1. The van der Waals surface area contributed by atoms with Gasteiger partial charge >= 0.3 is 0 Å². The van der Waals surface area contributed by atoms with Crippen LogP contribution in [-0.4, -0.2) is 15.8 Å². The van der Waals surface area contributed by atoms with Crippen LogP contribution in [0, 0.1) is 11.8 Å². The zero-order valence-corrected chi connectivity index (χ0v) is 9.90. The predicted octanol–water partition coefficient (Wildman–Crippen LogP) is 2.66. The van der Waals surface area contributed by atoms with Crippen LogP contribution < -0.4 is 5.32 Å². The Morgan fingerprint density at radius 2 is 1.93 bits per heavy atom. The van der Waals surface area contributed by atoms with E-state index in [0.29, 0.717) is 6.04 Å². The number of rotatable bonds is 2. The molecule has 1 aromatic rings. The number of nitrogens with one attached hydrogen (secondary N) is 1. The zero-order chi connectivity index (χ0) is 10.8. The van der Waals surface area contributed by atoms with E-state index in [1.165, 1.54) is 19.3 Å². The maximum absolute atomic E-state index is 4.17. The number of hydrogen-bond acceptors (Lipinski definition) is 2. The highest BCUT2D eigenvalue weighted by Crippen LogP contribution is 2.30. The molecule has 84 valence electrons. The first-order chi connectivity index (χ1) is 7.13. The molecule has 1 N–H and O–H groups in total. The van der Waals surface area contributed by atoms with E-state index in [1.54, 1.807) is 0 Å². The molecule has 0 spiro atoms. The summed E-state index contributed by atoms with van der Waals surface area (Å²) in [5, 5.41) is 7.75.